The summed E-state index contributed by atoms with van der Waals surface area (Å²) in [6.07, 6.45) is 3.38. The zero-order valence-electron chi connectivity index (χ0n) is 18.6. The van der Waals surface area contributed by atoms with Gasteiger partial charge in [0.15, 0.2) is 0 Å². The highest BCUT2D eigenvalue weighted by atomic mass is 16.4. The van der Waals surface area contributed by atoms with Gasteiger partial charge in [0.25, 0.3) is 0 Å². The fraction of sp³-hybridized carbons (Fsp3) is 0.500. The van der Waals surface area contributed by atoms with Crippen molar-refractivity contribution in [2.24, 2.45) is 0 Å². The molecule has 2 aromatic heterocycles. The Labute approximate surface area is 176 Å². The van der Waals surface area contributed by atoms with Crippen molar-refractivity contribution in [1.82, 2.24) is 10.6 Å². The van der Waals surface area contributed by atoms with Crippen LogP contribution in [-0.2, 0) is 11.2 Å². The molecule has 0 unspecified atom stereocenters. The van der Waals surface area contributed by atoms with Gasteiger partial charge in [0, 0.05) is 34.0 Å². The van der Waals surface area contributed by atoms with Gasteiger partial charge in [-0.1, -0.05) is 0 Å². The Bertz CT molecular complexity index is 1180. The van der Waals surface area contributed by atoms with E-state index in [-0.39, 0.29) is 29.4 Å². The maximum atomic E-state index is 12.8. The van der Waals surface area contributed by atoms with Crippen LogP contribution in [0.4, 0.5) is 0 Å². The molecule has 3 aromatic rings. The Morgan fingerprint density at radius 2 is 1.77 bits per heavy atom. The first-order valence-corrected chi connectivity index (χ1v) is 10.5. The largest absolute Gasteiger partial charge is 0.464 e. The Kier molecular flexibility index (Phi) is 4.81. The highest BCUT2D eigenvalue weighted by Gasteiger charge is 2.38. The van der Waals surface area contributed by atoms with E-state index in [2.05, 4.69) is 38.3 Å². The zero-order chi connectivity index (χ0) is 21.8. The number of furan rings is 1. The molecule has 0 radical (unpaired) electrons. The molecule has 3 heterocycles. The Hall–Kier alpha value is -2.60. The second-order valence-corrected chi connectivity index (χ2v) is 10.00. The van der Waals surface area contributed by atoms with Crippen LogP contribution in [0.1, 0.15) is 57.2 Å². The maximum absolute atomic E-state index is 12.8. The van der Waals surface area contributed by atoms with Crippen molar-refractivity contribution in [3.8, 4) is 0 Å². The molecule has 4 rings (SSSR count). The van der Waals surface area contributed by atoms with Gasteiger partial charge in [0.2, 0.25) is 5.91 Å². The smallest absolute Gasteiger partial charge is 0.340 e. The van der Waals surface area contributed by atoms with Gasteiger partial charge in [-0.05, 0) is 71.6 Å². The SMILES string of the molecule is Cc1coc2cc3oc(=O)c(CC(=O)NC4CC(C)(C)NC(C)(C)C4)c(C)c3cc12. The van der Waals surface area contributed by atoms with Gasteiger partial charge in [-0.2, -0.15) is 0 Å². The van der Waals surface area contributed by atoms with Gasteiger partial charge >= 0.3 is 5.63 Å². The average Bonchev–Trinajstić information content (AvgIpc) is 2.94. The summed E-state index contributed by atoms with van der Waals surface area (Å²) >= 11 is 0. The first-order valence-electron chi connectivity index (χ1n) is 10.5. The highest BCUT2D eigenvalue weighted by molar-refractivity contribution is 5.96. The van der Waals surface area contributed by atoms with Gasteiger partial charge in [-0.25, -0.2) is 4.79 Å². The fourth-order valence-corrected chi connectivity index (χ4v) is 5.11. The molecule has 0 aliphatic carbocycles. The second-order valence-electron chi connectivity index (χ2n) is 10.00. The number of hydrogen-bond donors (Lipinski definition) is 2. The third-order valence-corrected chi connectivity index (χ3v) is 6.07. The minimum absolute atomic E-state index is 0.0112. The van der Waals surface area contributed by atoms with Crippen molar-refractivity contribution < 1.29 is 13.6 Å². The summed E-state index contributed by atoms with van der Waals surface area (Å²) < 4.78 is 11.1. The number of hydrogen-bond acceptors (Lipinski definition) is 5. The number of carbonyl (C=O) groups excluding carboxylic acids is 1. The number of nitrogens with one attached hydrogen (secondary N) is 2. The summed E-state index contributed by atoms with van der Waals surface area (Å²) in [5.41, 5.74) is 2.78. The topological polar surface area (TPSA) is 84.5 Å². The van der Waals surface area contributed by atoms with Crippen molar-refractivity contribution in [3.05, 3.63) is 45.5 Å². The Morgan fingerprint density at radius 1 is 1.10 bits per heavy atom. The monoisotopic (exact) mass is 410 g/mol. The molecule has 1 aromatic carbocycles. The third kappa shape index (κ3) is 3.88. The lowest BCUT2D eigenvalue weighted by Gasteiger charge is -2.46. The van der Waals surface area contributed by atoms with Crippen molar-refractivity contribution >= 4 is 27.8 Å². The van der Waals surface area contributed by atoms with E-state index in [9.17, 15) is 9.59 Å². The fourth-order valence-electron chi connectivity index (χ4n) is 5.11. The summed E-state index contributed by atoms with van der Waals surface area (Å²) in [7, 11) is 0. The second kappa shape index (κ2) is 6.98. The lowest BCUT2D eigenvalue weighted by Crippen LogP contribution is -2.62. The van der Waals surface area contributed by atoms with Crippen LogP contribution in [0, 0.1) is 13.8 Å². The van der Waals surface area contributed by atoms with Gasteiger partial charge in [0.1, 0.15) is 11.2 Å². The molecule has 1 aliphatic rings. The number of piperidine rings is 1. The molecule has 6 nitrogen and oxygen atoms in total. The minimum atomic E-state index is -0.469. The van der Waals surface area contributed by atoms with E-state index in [4.69, 9.17) is 8.83 Å². The van der Waals surface area contributed by atoms with Crippen LogP contribution in [0.15, 0.2) is 32.0 Å². The molecule has 0 atom stereocenters. The molecule has 30 heavy (non-hydrogen) atoms. The molecule has 0 bridgehead atoms. The van der Waals surface area contributed by atoms with Crippen molar-refractivity contribution in [3.63, 3.8) is 0 Å². The molecule has 0 spiro atoms. The van der Waals surface area contributed by atoms with Crippen LogP contribution < -0.4 is 16.3 Å². The van der Waals surface area contributed by atoms with E-state index >= 15 is 0 Å². The maximum Gasteiger partial charge on any atom is 0.340 e. The van der Waals surface area contributed by atoms with Gasteiger partial charge in [0.05, 0.1) is 18.2 Å². The Balaban J connectivity index is 1.61. The molecule has 1 saturated heterocycles. The van der Waals surface area contributed by atoms with Crippen molar-refractivity contribution in [1.29, 1.82) is 0 Å². The quantitative estimate of drug-likeness (QED) is 0.635. The lowest BCUT2D eigenvalue weighted by molar-refractivity contribution is -0.121. The van der Waals surface area contributed by atoms with Crippen LogP contribution in [0.3, 0.4) is 0 Å². The van der Waals surface area contributed by atoms with E-state index in [0.717, 1.165) is 34.7 Å². The lowest BCUT2D eigenvalue weighted by atomic mass is 9.79. The molecule has 2 N–H and O–H groups in total. The van der Waals surface area contributed by atoms with Crippen LogP contribution in [0.2, 0.25) is 0 Å². The predicted molar refractivity (Wildman–Crippen MR) is 118 cm³/mol. The molecule has 160 valence electrons. The standard InChI is InChI=1S/C24H30N2O4/c1-13-12-29-19-9-20-17(7-16(13)19)14(2)18(22(28)30-20)8-21(27)25-15-10-23(3,4)26-24(5,6)11-15/h7,9,12,15,26H,8,10-11H2,1-6H3,(H,25,27). The summed E-state index contributed by atoms with van der Waals surface area (Å²) in [6.45, 7) is 12.4. The average molecular weight is 411 g/mol. The van der Waals surface area contributed by atoms with Gasteiger partial charge in [-0.15, -0.1) is 0 Å². The zero-order valence-corrected chi connectivity index (χ0v) is 18.6. The van der Waals surface area contributed by atoms with E-state index in [1.807, 2.05) is 19.9 Å². The van der Waals surface area contributed by atoms with Gasteiger partial charge < -0.3 is 19.5 Å². The normalized spacial score (nSPS) is 18.7. The first-order chi connectivity index (χ1) is 13.9. The number of amides is 1. The molecular formula is C24H30N2O4. The molecule has 1 aliphatic heterocycles. The summed E-state index contributed by atoms with van der Waals surface area (Å²) in [5.74, 6) is -0.149. The summed E-state index contributed by atoms with van der Waals surface area (Å²) in [4.78, 5) is 25.5. The molecule has 1 fully saturated rings. The number of fused-ring (bicyclic) bond motifs is 2. The van der Waals surface area contributed by atoms with E-state index in [1.165, 1.54) is 0 Å². The molecule has 1 amide bonds. The molecular weight excluding hydrogens is 380 g/mol. The number of rotatable bonds is 3. The van der Waals surface area contributed by atoms with Gasteiger partial charge in [-0.3, -0.25) is 4.79 Å². The number of carbonyl (C=O) groups is 1. The third-order valence-electron chi connectivity index (χ3n) is 6.07. The van der Waals surface area contributed by atoms with Crippen LogP contribution in [0.25, 0.3) is 21.9 Å². The van der Waals surface area contributed by atoms with E-state index < -0.39 is 5.63 Å². The highest BCUT2D eigenvalue weighted by Crippen LogP contribution is 2.30. The minimum Gasteiger partial charge on any atom is -0.464 e. The van der Waals surface area contributed by atoms with Crippen LogP contribution in [0.5, 0.6) is 0 Å². The molecule has 0 saturated carbocycles. The van der Waals surface area contributed by atoms with Crippen molar-refractivity contribution in [2.75, 3.05) is 0 Å². The number of aryl methyl sites for hydroxylation is 2. The van der Waals surface area contributed by atoms with Crippen LogP contribution in [-0.4, -0.2) is 23.0 Å². The molecule has 6 heteroatoms. The predicted octanol–water partition coefficient (Wildman–Crippen LogP) is 4.12. The van der Waals surface area contributed by atoms with Crippen molar-refractivity contribution in [2.45, 2.75) is 77.9 Å². The number of benzene rings is 1. The summed E-state index contributed by atoms with van der Waals surface area (Å²) in [6, 6.07) is 3.78. The Morgan fingerprint density at radius 3 is 2.43 bits per heavy atom. The van der Waals surface area contributed by atoms with E-state index in [1.54, 1.807) is 12.3 Å². The van der Waals surface area contributed by atoms with Crippen LogP contribution >= 0.6 is 0 Å². The first kappa shape index (κ1) is 20.7. The van der Waals surface area contributed by atoms with E-state index in [0.29, 0.717) is 16.7 Å². The summed E-state index contributed by atoms with van der Waals surface area (Å²) in [5, 5.41) is 8.57.